The third-order valence-electron chi connectivity index (χ3n) is 3.78. The standard InChI is InChI=1S/C13H18N4O3/c1-2-13(11(18)19)5-3-7-17(13)12(20)15-8-10-4-6-14-9-16-10/h4,6,9H,2-3,5,7-8H2,1H3,(H,15,20)(H,18,19). The largest absolute Gasteiger partial charge is 0.479 e. The van der Waals surface area contributed by atoms with Crippen molar-refractivity contribution in [3.8, 4) is 0 Å². The molecule has 1 aliphatic rings. The minimum absolute atomic E-state index is 0.261. The lowest BCUT2D eigenvalue weighted by Crippen LogP contribution is -2.55. The van der Waals surface area contributed by atoms with E-state index in [-0.39, 0.29) is 12.6 Å². The second-order valence-corrected chi connectivity index (χ2v) is 4.80. The Morgan fingerprint density at radius 2 is 2.35 bits per heavy atom. The molecule has 0 saturated carbocycles. The van der Waals surface area contributed by atoms with Gasteiger partial charge in [-0.15, -0.1) is 0 Å². The molecule has 0 bridgehead atoms. The van der Waals surface area contributed by atoms with Crippen molar-refractivity contribution < 1.29 is 14.7 Å². The fourth-order valence-electron chi connectivity index (χ4n) is 2.60. The van der Waals surface area contributed by atoms with Crippen LogP contribution in [0.25, 0.3) is 0 Å². The maximum absolute atomic E-state index is 12.2. The summed E-state index contributed by atoms with van der Waals surface area (Å²) in [5, 5.41) is 12.1. The van der Waals surface area contributed by atoms with Crippen LogP contribution in [0.3, 0.4) is 0 Å². The van der Waals surface area contributed by atoms with E-state index in [1.165, 1.54) is 11.2 Å². The molecule has 0 radical (unpaired) electrons. The number of carboxylic acids is 1. The summed E-state index contributed by atoms with van der Waals surface area (Å²) in [5.74, 6) is -0.935. The SMILES string of the molecule is CCC1(C(=O)O)CCCN1C(=O)NCc1ccncn1. The lowest BCUT2D eigenvalue weighted by Gasteiger charge is -2.33. The molecule has 1 saturated heterocycles. The van der Waals surface area contributed by atoms with Gasteiger partial charge in [-0.1, -0.05) is 6.92 Å². The predicted octanol–water partition coefficient (Wildman–Crippen LogP) is 1.02. The van der Waals surface area contributed by atoms with Crippen LogP contribution < -0.4 is 5.32 Å². The molecule has 0 aromatic carbocycles. The van der Waals surface area contributed by atoms with E-state index in [1.807, 2.05) is 0 Å². The number of carbonyl (C=O) groups is 2. The molecule has 20 heavy (non-hydrogen) atoms. The molecule has 7 nitrogen and oxygen atoms in total. The van der Waals surface area contributed by atoms with Crippen LogP contribution in [0, 0.1) is 0 Å². The monoisotopic (exact) mass is 278 g/mol. The van der Waals surface area contributed by atoms with Crippen LogP contribution in [-0.2, 0) is 11.3 Å². The quantitative estimate of drug-likeness (QED) is 0.857. The van der Waals surface area contributed by atoms with Crippen molar-refractivity contribution in [2.75, 3.05) is 6.54 Å². The molecular formula is C13H18N4O3. The van der Waals surface area contributed by atoms with E-state index in [9.17, 15) is 14.7 Å². The Bertz CT molecular complexity index is 494. The van der Waals surface area contributed by atoms with Crippen LogP contribution in [0.1, 0.15) is 31.9 Å². The van der Waals surface area contributed by atoms with Gasteiger partial charge in [0.1, 0.15) is 11.9 Å². The second kappa shape index (κ2) is 5.85. The highest BCUT2D eigenvalue weighted by atomic mass is 16.4. The smallest absolute Gasteiger partial charge is 0.329 e. The van der Waals surface area contributed by atoms with Crippen molar-refractivity contribution >= 4 is 12.0 Å². The zero-order valence-electron chi connectivity index (χ0n) is 11.4. The number of urea groups is 1. The predicted molar refractivity (Wildman–Crippen MR) is 70.9 cm³/mol. The first-order chi connectivity index (χ1) is 9.60. The number of aromatic nitrogens is 2. The van der Waals surface area contributed by atoms with Gasteiger partial charge in [-0.3, -0.25) is 0 Å². The molecule has 0 spiro atoms. The van der Waals surface area contributed by atoms with E-state index < -0.39 is 11.5 Å². The highest BCUT2D eigenvalue weighted by Gasteiger charge is 2.48. The molecule has 2 heterocycles. The maximum atomic E-state index is 12.2. The second-order valence-electron chi connectivity index (χ2n) is 4.80. The summed E-state index contributed by atoms with van der Waals surface area (Å²) in [4.78, 5) is 32.9. The summed E-state index contributed by atoms with van der Waals surface area (Å²) in [6, 6.07) is 1.35. The zero-order chi connectivity index (χ0) is 14.6. The Morgan fingerprint density at radius 3 is 2.95 bits per heavy atom. The Labute approximate surface area is 117 Å². The van der Waals surface area contributed by atoms with Gasteiger partial charge in [0, 0.05) is 12.7 Å². The van der Waals surface area contributed by atoms with Crippen molar-refractivity contribution in [1.29, 1.82) is 0 Å². The van der Waals surface area contributed by atoms with Crippen molar-refractivity contribution in [2.45, 2.75) is 38.3 Å². The van der Waals surface area contributed by atoms with Crippen LogP contribution in [-0.4, -0.2) is 44.1 Å². The van der Waals surface area contributed by atoms with Gasteiger partial charge in [0.25, 0.3) is 0 Å². The van der Waals surface area contributed by atoms with Crippen molar-refractivity contribution in [2.24, 2.45) is 0 Å². The van der Waals surface area contributed by atoms with Crippen molar-refractivity contribution in [3.63, 3.8) is 0 Å². The first-order valence-electron chi connectivity index (χ1n) is 6.64. The topological polar surface area (TPSA) is 95.4 Å². The number of aliphatic carboxylic acids is 1. The minimum atomic E-state index is -1.07. The summed E-state index contributed by atoms with van der Waals surface area (Å²) in [6.07, 6.45) is 4.62. The Kier molecular flexibility index (Phi) is 4.16. The molecule has 1 aliphatic heterocycles. The molecule has 1 aromatic heterocycles. The number of amides is 2. The van der Waals surface area contributed by atoms with E-state index in [1.54, 1.807) is 19.2 Å². The lowest BCUT2D eigenvalue weighted by atomic mass is 9.93. The van der Waals surface area contributed by atoms with Crippen LogP contribution in [0.5, 0.6) is 0 Å². The Balaban J connectivity index is 2.03. The summed E-state index contributed by atoms with van der Waals surface area (Å²) in [5.41, 5.74) is -0.388. The molecule has 7 heteroatoms. The first kappa shape index (κ1) is 14.2. The molecule has 1 fully saturated rings. The van der Waals surface area contributed by atoms with Gasteiger partial charge in [-0.2, -0.15) is 0 Å². The molecule has 1 atom stereocenters. The van der Waals surface area contributed by atoms with Gasteiger partial charge in [-0.05, 0) is 25.3 Å². The maximum Gasteiger partial charge on any atom is 0.329 e. The van der Waals surface area contributed by atoms with Crippen molar-refractivity contribution in [1.82, 2.24) is 20.2 Å². The summed E-state index contributed by atoms with van der Waals surface area (Å²) < 4.78 is 0. The Morgan fingerprint density at radius 1 is 1.55 bits per heavy atom. The van der Waals surface area contributed by atoms with Crippen molar-refractivity contribution in [3.05, 3.63) is 24.3 Å². The third-order valence-corrected chi connectivity index (χ3v) is 3.78. The van der Waals surface area contributed by atoms with Gasteiger partial charge in [-0.25, -0.2) is 19.6 Å². The van der Waals surface area contributed by atoms with Crippen LogP contribution in [0.15, 0.2) is 18.6 Å². The third kappa shape index (κ3) is 2.56. The number of carboxylic acid groups (broad SMARTS) is 1. The fourth-order valence-corrected chi connectivity index (χ4v) is 2.60. The van der Waals surface area contributed by atoms with Gasteiger partial charge in [0.05, 0.1) is 12.2 Å². The summed E-state index contributed by atoms with van der Waals surface area (Å²) in [6.45, 7) is 2.52. The van der Waals surface area contributed by atoms with E-state index in [0.717, 1.165) is 0 Å². The van der Waals surface area contributed by atoms with E-state index in [0.29, 0.717) is 31.5 Å². The van der Waals surface area contributed by atoms with Crippen LogP contribution >= 0.6 is 0 Å². The van der Waals surface area contributed by atoms with Gasteiger partial charge < -0.3 is 15.3 Å². The number of hydrogen-bond donors (Lipinski definition) is 2. The molecule has 1 aromatic rings. The average molecular weight is 278 g/mol. The van der Waals surface area contributed by atoms with Gasteiger partial charge >= 0.3 is 12.0 Å². The first-order valence-corrected chi connectivity index (χ1v) is 6.64. The molecular weight excluding hydrogens is 260 g/mol. The molecule has 0 aliphatic carbocycles. The van der Waals surface area contributed by atoms with E-state index >= 15 is 0 Å². The normalized spacial score (nSPS) is 21.8. The Hall–Kier alpha value is -2.18. The lowest BCUT2D eigenvalue weighted by molar-refractivity contribution is -0.148. The highest BCUT2D eigenvalue weighted by Crippen LogP contribution is 2.32. The van der Waals surface area contributed by atoms with E-state index in [2.05, 4.69) is 15.3 Å². The minimum Gasteiger partial charge on any atom is -0.479 e. The molecule has 2 amide bonds. The molecule has 108 valence electrons. The molecule has 2 rings (SSSR count). The number of carbonyl (C=O) groups excluding carboxylic acids is 1. The number of nitrogens with one attached hydrogen (secondary N) is 1. The number of nitrogens with zero attached hydrogens (tertiary/aromatic N) is 3. The number of likely N-dealkylation sites (tertiary alicyclic amines) is 1. The zero-order valence-corrected chi connectivity index (χ0v) is 11.4. The highest BCUT2D eigenvalue weighted by molar-refractivity contribution is 5.87. The average Bonchev–Trinajstić information content (AvgIpc) is 2.91. The summed E-state index contributed by atoms with van der Waals surface area (Å²) in [7, 11) is 0. The fraction of sp³-hybridized carbons (Fsp3) is 0.538. The van der Waals surface area contributed by atoms with Crippen LogP contribution in [0.2, 0.25) is 0 Å². The van der Waals surface area contributed by atoms with Crippen LogP contribution in [0.4, 0.5) is 4.79 Å². The molecule has 2 N–H and O–H groups in total. The van der Waals surface area contributed by atoms with Gasteiger partial charge in [0.2, 0.25) is 0 Å². The molecule has 1 unspecified atom stereocenters. The number of rotatable bonds is 4. The van der Waals surface area contributed by atoms with E-state index in [4.69, 9.17) is 0 Å². The summed E-state index contributed by atoms with van der Waals surface area (Å²) >= 11 is 0. The number of hydrogen-bond acceptors (Lipinski definition) is 4. The van der Waals surface area contributed by atoms with Gasteiger partial charge in [0.15, 0.2) is 0 Å².